The molecule has 0 aliphatic heterocycles. The molecule has 10 heteroatoms. The van der Waals surface area contributed by atoms with Crippen molar-refractivity contribution in [3.8, 4) is 5.75 Å². The molecule has 0 aromatic heterocycles. The average molecular weight is 600 g/mol. The van der Waals surface area contributed by atoms with Crippen LogP contribution in [0.25, 0.3) is 0 Å². The topological polar surface area (TPSA) is 96.0 Å². The lowest BCUT2D eigenvalue weighted by atomic mass is 10.1. The maximum Gasteiger partial charge on any atom is 0.264 e. The van der Waals surface area contributed by atoms with Crippen molar-refractivity contribution in [2.75, 3.05) is 24.5 Å². The summed E-state index contributed by atoms with van der Waals surface area (Å²) in [7, 11) is -2.68. The van der Waals surface area contributed by atoms with Crippen molar-refractivity contribution in [1.82, 2.24) is 10.2 Å². The fourth-order valence-corrected chi connectivity index (χ4v) is 5.89. The van der Waals surface area contributed by atoms with Crippen molar-refractivity contribution in [2.24, 2.45) is 0 Å². The van der Waals surface area contributed by atoms with Gasteiger partial charge in [-0.25, -0.2) is 8.42 Å². The van der Waals surface area contributed by atoms with Crippen LogP contribution < -0.4 is 14.4 Å². The van der Waals surface area contributed by atoms with E-state index in [9.17, 15) is 18.0 Å². The Bertz CT molecular complexity index is 1380. The minimum absolute atomic E-state index is 0.00144. The molecule has 1 N–H and O–H groups in total. The lowest BCUT2D eigenvalue weighted by Gasteiger charge is -2.33. The molecule has 0 saturated carbocycles. The minimum atomic E-state index is -4.18. The first-order valence-electron chi connectivity index (χ1n) is 13.7. The minimum Gasteiger partial charge on any atom is -0.497 e. The summed E-state index contributed by atoms with van der Waals surface area (Å²) in [5.74, 6) is -0.248. The number of carbonyl (C=O) groups is 2. The van der Waals surface area contributed by atoms with Crippen molar-refractivity contribution >= 4 is 39.1 Å². The van der Waals surface area contributed by atoms with Gasteiger partial charge < -0.3 is 15.0 Å². The van der Waals surface area contributed by atoms with Crippen LogP contribution in [0.5, 0.6) is 5.75 Å². The van der Waals surface area contributed by atoms with Gasteiger partial charge in [-0.05, 0) is 80.3 Å². The number of hydrogen-bond donors (Lipinski definition) is 1. The fourth-order valence-electron chi connectivity index (χ4n) is 4.35. The average Bonchev–Trinajstić information content (AvgIpc) is 2.98. The van der Waals surface area contributed by atoms with E-state index in [0.717, 1.165) is 16.3 Å². The molecule has 3 aromatic carbocycles. The lowest BCUT2D eigenvalue weighted by Crippen LogP contribution is -2.54. The van der Waals surface area contributed by atoms with E-state index in [0.29, 0.717) is 23.6 Å². The molecule has 0 radical (unpaired) electrons. The number of halogens is 1. The number of anilines is 1. The molecule has 2 atom stereocenters. The van der Waals surface area contributed by atoms with Gasteiger partial charge in [-0.2, -0.15) is 0 Å². The van der Waals surface area contributed by atoms with Gasteiger partial charge in [0.1, 0.15) is 18.3 Å². The molecule has 3 rings (SSSR count). The molecule has 0 aliphatic carbocycles. The normalized spacial score (nSPS) is 12.7. The van der Waals surface area contributed by atoms with E-state index in [4.69, 9.17) is 16.3 Å². The van der Waals surface area contributed by atoms with Crippen LogP contribution in [-0.2, 0) is 26.0 Å². The van der Waals surface area contributed by atoms with E-state index >= 15 is 0 Å². The second-order valence-corrected chi connectivity index (χ2v) is 12.0. The summed E-state index contributed by atoms with van der Waals surface area (Å²) in [6, 6.07) is 21.0. The van der Waals surface area contributed by atoms with E-state index in [2.05, 4.69) is 5.32 Å². The van der Waals surface area contributed by atoms with E-state index < -0.39 is 28.5 Å². The molecule has 0 spiro atoms. The maximum atomic E-state index is 14.0. The van der Waals surface area contributed by atoms with E-state index in [1.807, 2.05) is 51.1 Å². The zero-order valence-corrected chi connectivity index (χ0v) is 25.5. The van der Waals surface area contributed by atoms with Crippen LogP contribution in [0.4, 0.5) is 5.69 Å². The molecule has 0 unspecified atom stereocenters. The molecule has 8 nitrogen and oxygen atoms in total. The predicted octanol–water partition coefficient (Wildman–Crippen LogP) is 5.31. The van der Waals surface area contributed by atoms with Gasteiger partial charge in [0.25, 0.3) is 10.0 Å². The number of carbonyl (C=O) groups excluding carboxylic acids is 2. The fraction of sp³-hybridized carbons (Fsp3) is 0.355. The number of sulfonamides is 1. The highest BCUT2D eigenvalue weighted by Gasteiger charge is 2.33. The molecule has 0 bridgehead atoms. The lowest BCUT2D eigenvalue weighted by molar-refractivity contribution is -0.139. The van der Waals surface area contributed by atoms with Crippen LogP contribution >= 0.6 is 11.6 Å². The van der Waals surface area contributed by atoms with Gasteiger partial charge in [-0.15, -0.1) is 0 Å². The first-order chi connectivity index (χ1) is 19.6. The highest BCUT2D eigenvalue weighted by molar-refractivity contribution is 7.92. The van der Waals surface area contributed by atoms with Gasteiger partial charge in [0.2, 0.25) is 11.8 Å². The van der Waals surface area contributed by atoms with Gasteiger partial charge in [0.05, 0.1) is 17.7 Å². The largest absolute Gasteiger partial charge is 0.497 e. The predicted molar refractivity (Wildman–Crippen MR) is 163 cm³/mol. The third-order valence-electron chi connectivity index (χ3n) is 6.91. The number of rotatable bonds is 14. The summed E-state index contributed by atoms with van der Waals surface area (Å²) >= 11 is 6.08. The number of amides is 2. The van der Waals surface area contributed by atoms with Gasteiger partial charge in [0.15, 0.2) is 0 Å². The maximum absolute atomic E-state index is 14.0. The van der Waals surface area contributed by atoms with Crippen molar-refractivity contribution < 1.29 is 22.7 Å². The summed E-state index contributed by atoms with van der Waals surface area (Å²) in [5.41, 5.74) is 1.28. The zero-order valence-electron chi connectivity index (χ0n) is 23.9. The van der Waals surface area contributed by atoms with Crippen molar-refractivity contribution in [3.05, 3.63) is 89.4 Å². The quantitative estimate of drug-likeness (QED) is 0.271. The number of nitrogens with zero attached hydrogens (tertiary/aromatic N) is 2. The Morgan fingerprint density at radius 2 is 1.56 bits per heavy atom. The van der Waals surface area contributed by atoms with Crippen LogP contribution in [-0.4, -0.2) is 57.4 Å². The van der Waals surface area contributed by atoms with E-state index in [1.54, 1.807) is 36.4 Å². The molecule has 41 heavy (non-hydrogen) atoms. The molecular formula is C31H38ClN3O5S. The smallest absolute Gasteiger partial charge is 0.264 e. The number of benzene rings is 3. The highest BCUT2D eigenvalue weighted by atomic mass is 35.5. The van der Waals surface area contributed by atoms with Gasteiger partial charge >= 0.3 is 0 Å². The number of ether oxygens (including phenoxy) is 1. The van der Waals surface area contributed by atoms with Crippen LogP contribution in [0.15, 0.2) is 83.8 Å². The van der Waals surface area contributed by atoms with E-state index in [1.165, 1.54) is 24.1 Å². The molecular weight excluding hydrogens is 562 g/mol. The molecule has 0 saturated heterocycles. The Kier molecular flexibility index (Phi) is 11.6. The third-order valence-corrected chi connectivity index (χ3v) is 8.95. The molecule has 220 valence electrons. The van der Waals surface area contributed by atoms with E-state index in [-0.39, 0.29) is 29.1 Å². The summed E-state index contributed by atoms with van der Waals surface area (Å²) < 4.78 is 34.1. The van der Waals surface area contributed by atoms with Crippen LogP contribution in [0.1, 0.15) is 39.2 Å². The van der Waals surface area contributed by atoms with Crippen LogP contribution in [0, 0.1) is 0 Å². The second-order valence-electron chi connectivity index (χ2n) is 9.73. The molecule has 0 heterocycles. The third kappa shape index (κ3) is 8.47. The van der Waals surface area contributed by atoms with Gasteiger partial charge in [-0.1, -0.05) is 55.8 Å². The first-order valence-corrected chi connectivity index (χ1v) is 15.5. The van der Waals surface area contributed by atoms with Crippen molar-refractivity contribution in [1.29, 1.82) is 0 Å². The first kappa shape index (κ1) is 32.0. The van der Waals surface area contributed by atoms with Crippen LogP contribution in [0.3, 0.4) is 0 Å². The number of nitrogens with one attached hydrogen (secondary N) is 1. The monoisotopic (exact) mass is 599 g/mol. The Labute approximate surface area is 248 Å². The molecule has 3 aromatic rings. The summed E-state index contributed by atoms with van der Waals surface area (Å²) in [4.78, 5) is 28.9. The highest BCUT2D eigenvalue weighted by Crippen LogP contribution is 2.27. The molecule has 2 amide bonds. The Morgan fingerprint density at radius 1 is 0.927 bits per heavy atom. The molecule has 0 aliphatic rings. The van der Waals surface area contributed by atoms with Gasteiger partial charge in [-0.3, -0.25) is 13.9 Å². The second kappa shape index (κ2) is 14.9. The summed E-state index contributed by atoms with van der Waals surface area (Å²) in [6.07, 6.45) is 1.62. The molecule has 0 fully saturated rings. The van der Waals surface area contributed by atoms with Crippen molar-refractivity contribution in [3.63, 3.8) is 0 Å². The number of methoxy groups -OCH3 is 1. The summed E-state index contributed by atoms with van der Waals surface area (Å²) in [6.45, 7) is 5.46. The Morgan fingerprint density at radius 3 is 2.12 bits per heavy atom. The van der Waals surface area contributed by atoms with Gasteiger partial charge in [0, 0.05) is 17.6 Å². The standard InChI is InChI=1S/C31H38ClN3O5S/c1-5-23(3)33-31(37)29(6-2)34(21-20-24-10-8-7-9-11-24)30(36)22-35(26-14-12-25(32)13-15-26)41(38,39)28-18-16-27(40-4)17-19-28/h7-19,23,29H,5-6,20-22H2,1-4H3,(H,33,37)/t23-,29+/m1/s1. The zero-order chi connectivity index (χ0) is 30.0. The Balaban J connectivity index is 2.00. The van der Waals surface area contributed by atoms with Crippen molar-refractivity contribution in [2.45, 2.75) is 57.0 Å². The van der Waals surface area contributed by atoms with Crippen LogP contribution in [0.2, 0.25) is 5.02 Å². The Hall–Kier alpha value is -3.56. The summed E-state index contributed by atoms with van der Waals surface area (Å²) in [5, 5.41) is 3.41. The SMILES string of the molecule is CC[C@@H](C)NC(=O)[C@H](CC)N(CCc1ccccc1)C(=O)CN(c1ccc(Cl)cc1)S(=O)(=O)c1ccc(OC)cc1. The number of hydrogen-bond acceptors (Lipinski definition) is 5.